The minimum atomic E-state index is -1.20. The molecule has 10 atom stereocenters. The Morgan fingerprint density at radius 1 is 0.663 bits per heavy atom. The van der Waals surface area contributed by atoms with Gasteiger partial charge in [0.05, 0.1) is 55.3 Å². The van der Waals surface area contributed by atoms with Crippen molar-refractivity contribution in [1.82, 2.24) is 51.5 Å². The molecule has 1 unspecified atom stereocenters. The number of hydrogen-bond donors (Lipinski definition) is 9. The second-order valence-corrected chi connectivity index (χ2v) is 24.1. The maximum Gasteiger partial charge on any atom is 0.309 e. The van der Waals surface area contributed by atoms with E-state index in [0.717, 1.165) is 21.5 Å². The van der Waals surface area contributed by atoms with Crippen molar-refractivity contribution < 1.29 is 48.3 Å². The lowest BCUT2D eigenvalue weighted by Gasteiger charge is -2.39. The zero-order valence-corrected chi connectivity index (χ0v) is 49.6. The van der Waals surface area contributed by atoms with Gasteiger partial charge in [-0.05, 0) is 81.4 Å². The van der Waals surface area contributed by atoms with Crippen LogP contribution in [0.1, 0.15) is 81.6 Å². The van der Waals surface area contributed by atoms with E-state index in [1.54, 1.807) is 56.8 Å². The van der Waals surface area contributed by atoms with Crippen molar-refractivity contribution in [2.24, 2.45) is 16.7 Å². The number of nitrogens with zero attached hydrogens (tertiary/aromatic N) is 4. The molecule has 4 aromatic carbocycles. The average molecular weight is 1150 g/mol. The summed E-state index contributed by atoms with van der Waals surface area (Å²) in [5, 5.41) is 37.2. The number of carbonyl (C=O) groups excluding carboxylic acids is 9. The first-order chi connectivity index (χ1) is 39.3. The number of hydrogen-bond acceptors (Lipinski definition) is 13. The van der Waals surface area contributed by atoms with E-state index < -0.39 is 132 Å². The van der Waals surface area contributed by atoms with E-state index in [2.05, 4.69) is 42.5 Å². The number of aliphatic hydroxyl groups excluding tert-OH is 1. The van der Waals surface area contributed by atoms with Gasteiger partial charge in [0.25, 0.3) is 0 Å². The number of nitrogens with one attached hydrogen (secondary N) is 8. The van der Waals surface area contributed by atoms with Gasteiger partial charge in [0.15, 0.2) is 0 Å². The molecule has 0 bridgehead atoms. The number of carbonyl (C=O) groups is 9. The van der Waals surface area contributed by atoms with Gasteiger partial charge >= 0.3 is 11.8 Å². The Morgan fingerprint density at radius 3 is 1.77 bits per heavy atom. The summed E-state index contributed by atoms with van der Waals surface area (Å²) in [4.78, 5) is 133. The van der Waals surface area contributed by atoms with Gasteiger partial charge in [0.1, 0.15) is 12.3 Å². The molecule has 22 nitrogen and oxygen atoms in total. The Morgan fingerprint density at radius 2 is 1.20 bits per heavy atom. The first kappa shape index (κ1) is 63.1. The van der Waals surface area contributed by atoms with E-state index in [1.807, 2.05) is 114 Å². The van der Waals surface area contributed by atoms with E-state index in [9.17, 15) is 48.3 Å². The van der Waals surface area contributed by atoms with Crippen molar-refractivity contribution in [3.05, 3.63) is 84.9 Å². The zero-order chi connectivity index (χ0) is 60.7. The van der Waals surface area contributed by atoms with Crippen LogP contribution >= 0.6 is 0 Å². The smallest absolute Gasteiger partial charge is 0.309 e. The van der Waals surface area contributed by atoms with Gasteiger partial charge in [-0.15, -0.1) is 0 Å². The van der Waals surface area contributed by atoms with E-state index in [0.29, 0.717) is 17.8 Å². The summed E-state index contributed by atoms with van der Waals surface area (Å²) >= 11 is 0. The van der Waals surface area contributed by atoms with Crippen LogP contribution in [0.4, 0.5) is 11.4 Å². The van der Waals surface area contributed by atoms with Gasteiger partial charge < -0.3 is 61.9 Å². The maximum absolute atomic E-state index is 14.7. The normalized spacial score (nSPS) is 20.6. The third-order valence-corrected chi connectivity index (χ3v) is 16.5. The molecule has 0 radical (unpaired) electrons. The van der Waals surface area contributed by atoms with Gasteiger partial charge in [-0.25, -0.2) is 0 Å². The first-order valence-electron chi connectivity index (χ1n) is 28.7. The minimum absolute atomic E-state index is 0.107. The van der Waals surface area contributed by atoms with Gasteiger partial charge in [0.2, 0.25) is 41.4 Å². The summed E-state index contributed by atoms with van der Waals surface area (Å²) < 4.78 is 0. The molecule has 83 heavy (non-hydrogen) atoms. The van der Waals surface area contributed by atoms with Crippen molar-refractivity contribution in [2.45, 2.75) is 136 Å². The number of benzene rings is 4. The molecule has 9 N–H and O–H groups in total. The summed E-state index contributed by atoms with van der Waals surface area (Å²) in [6, 6.07) is 20.2. The predicted molar refractivity (Wildman–Crippen MR) is 317 cm³/mol. The van der Waals surface area contributed by atoms with Crippen LogP contribution in [-0.4, -0.2) is 186 Å². The number of aliphatic hydroxyl groups is 1. The van der Waals surface area contributed by atoms with Gasteiger partial charge in [0, 0.05) is 60.8 Å². The number of amides is 9. The van der Waals surface area contributed by atoms with Crippen LogP contribution in [0, 0.1) is 16.7 Å². The summed E-state index contributed by atoms with van der Waals surface area (Å²) in [5.74, 6) is -6.52. The van der Waals surface area contributed by atoms with E-state index in [1.165, 1.54) is 9.80 Å². The monoisotopic (exact) mass is 1140 g/mol. The molecule has 22 heteroatoms. The second-order valence-electron chi connectivity index (χ2n) is 24.1. The Kier molecular flexibility index (Phi) is 20.4. The summed E-state index contributed by atoms with van der Waals surface area (Å²) in [6.45, 7) is 15.3. The van der Waals surface area contributed by atoms with Crippen LogP contribution in [-0.2, 0) is 43.2 Å². The number of anilines is 2. The molecular formula is C61H84N12O10. The molecule has 7 rings (SSSR count). The number of likely N-dealkylation sites (tertiary alicyclic amines) is 3. The van der Waals surface area contributed by atoms with Crippen LogP contribution < -0.4 is 42.5 Å². The third kappa shape index (κ3) is 14.5. The highest BCUT2D eigenvalue weighted by atomic mass is 16.3. The molecule has 3 fully saturated rings. The molecule has 3 saturated heterocycles. The summed E-state index contributed by atoms with van der Waals surface area (Å²) in [6.07, 6.45) is -0.750. The fraction of sp³-hybridized carbons (Fsp3) is 0.525. The Hall–Kier alpha value is -7.53. The Balaban J connectivity index is 1.04. The molecule has 0 aliphatic carbocycles. The number of rotatable bonds is 20. The third-order valence-electron chi connectivity index (χ3n) is 16.5. The SMILES string of the molecule is CCN(C(=O)CNC(=O)C(=O)NCC(=O)N1C[C@H](C(=O)Nc2cccc3ccccc23)[C@@H]2[C@H]1CCN2C(=O)[C@@H](NC(O)[C@H](C)NC)C(C)(C)C)[C@@H]1CCN(C(=O)[C@@H](NC(=O)[C@H](C)NC)C(C)(C)C)[C@@H]1CC(=O)Nc1cccc2ccccc12. The fourth-order valence-corrected chi connectivity index (χ4v) is 11.7. The van der Waals surface area contributed by atoms with E-state index in [-0.39, 0.29) is 44.9 Å². The van der Waals surface area contributed by atoms with Gasteiger partial charge in [-0.2, -0.15) is 0 Å². The molecule has 448 valence electrons. The molecule has 3 aliphatic heterocycles. The van der Waals surface area contributed by atoms with Gasteiger partial charge in [-0.1, -0.05) is 114 Å². The Labute approximate surface area is 485 Å². The lowest BCUT2D eigenvalue weighted by molar-refractivity contribution is -0.143. The highest BCUT2D eigenvalue weighted by Crippen LogP contribution is 2.39. The summed E-state index contributed by atoms with van der Waals surface area (Å²) in [5.41, 5.74) is -0.340. The molecule has 0 saturated carbocycles. The first-order valence-corrected chi connectivity index (χ1v) is 28.7. The minimum Gasteiger partial charge on any atom is -0.377 e. The van der Waals surface area contributed by atoms with E-state index in [4.69, 9.17) is 0 Å². The molecule has 4 aromatic rings. The van der Waals surface area contributed by atoms with Crippen molar-refractivity contribution in [2.75, 3.05) is 64.0 Å². The molecule has 9 amide bonds. The number of likely N-dealkylation sites (N-methyl/N-ethyl adjacent to an activating group) is 3. The topological polar surface area (TPSA) is 283 Å². The second kappa shape index (κ2) is 26.8. The van der Waals surface area contributed by atoms with Crippen LogP contribution in [0.15, 0.2) is 84.9 Å². The highest BCUT2D eigenvalue weighted by molar-refractivity contribution is 6.35. The average Bonchev–Trinajstić information content (AvgIpc) is 3.85. The number of fused-ring (bicyclic) bond motifs is 3. The van der Waals surface area contributed by atoms with Gasteiger partial charge in [-0.3, -0.25) is 48.5 Å². The van der Waals surface area contributed by atoms with Crippen LogP contribution in [0.25, 0.3) is 21.5 Å². The molecule has 3 heterocycles. The Bertz CT molecular complexity index is 3060. The van der Waals surface area contributed by atoms with Crippen LogP contribution in [0.3, 0.4) is 0 Å². The molecular weight excluding hydrogens is 1060 g/mol. The lowest BCUT2D eigenvalue weighted by atomic mass is 9.85. The van der Waals surface area contributed by atoms with Crippen molar-refractivity contribution in [3.8, 4) is 0 Å². The van der Waals surface area contributed by atoms with Crippen molar-refractivity contribution in [3.63, 3.8) is 0 Å². The quantitative estimate of drug-likeness (QED) is 0.0455. The predicted octanol–water partition coefficient (Wildman–Crippen LogP) is 2.51. The maximum atomic E-state index is 14.7. The zero-order valence-electron chi connectivity index (χ0n) is 49.6. The fourth-order valence-electron chi connectivity index (χ4n) is 11.7. The summed E-state index contributed by atoms with van der Waals surface area (Å²) in [7, 11) is 3.33. The van der Waals surface area contributed by atoms with E-state index >= 15 is 0 Å². The molecule has 0 spiro atoms. The van der Waals surface area contributed by atoms with Crippen molar-refractivity contribution in [1.29, 1.82) is 0 Å². The lowest BCUT2D eigenvalue weighted by Crippen LogP contribution is -2.60. The highest BCUT2D eigenvalue weighted by Gasteiger charge is 2.56. The van der Waals surface area contributed by atoms with Crippen LogP contribution in [0.2, 0.25) is 0 Å². The van der Waals surface area contributed by atoms with Crippen molar-refractivity contribution >= 4 is 86.1 Å². The molecule has 3 aliphatic rings. The molecule has 0 aromatic heterocycles. The standard InChI is InChI=1S/C61H84N12O10/c1-12-70(44-27-29-71(58(82)51(60(4,5)6)68-53(77)35(2)62-10)46(44)31-47(74)66-42-25-17-21-37-19-13-15-23-39(37)42)48(75)32-64-56(80)57(81)65-33-49(76)73-34-41(55(79)67-43-26-18-22-38-20-14-16-24-40(38)43)50-45(73)28-30-72(50)59(83)52(61(7,8)9)69-54(78)36(3)63-11/h13-26,35-36,41,44-46,50-52,54,62-63,69,78H,12,27-34H2,1-11H3,(H,64,80)(H,65,81)(H,66,74)(H,67,79)(H,68,77)/t35-,36-,41-,44+,45+,46+,50+,51+,52+,54?/m0/s1. The largest absolute Gasteiger partial charge is 0.377 e. The van der Waals surface area contributed by atoms with Crippen LogP contribution in [0.5, 0.6) is 0 Å².